The van der Waals surface area contributed by atoms with E-state index >= 15 is 0 Å². The second-order valence-corrected chi connectivity index (χ2v) is 7.12. The molecule has 1 amide bonds. The highest BCUT2D eigenvalue weighted by Gasteiger charge is 2.36. The van der Waals surface area contributed by atoms with E-state index in [0.29, 0.717) is 24.1 Å². The molecule has 0 aromatic carbocycles. The van der Waals surface area contributed by atoms with E-state index in [9.17, 15) is 13.6 Å². The van der Waals surface area contributed by atoms with Crippen molar-refractivity contribution in [2.45, 2.75) is 38.0 Å². The Morgan fingerprint density at radius 1 is 1.11 bits per heavy atom. The molecular weight excluding hydrogens is 358 g/mol. The van der Waals surface area contributed by atoms with E-state index in [0.717, 1.165) is 25.9 Å². The lowest BCUT2D eigenvalue weighted by atomic mass is 9.92. The van der Waals surface area contributed by atoms with Gasteiger partial charge in [0.1, 0.15) is 0 Å². The average molecular weight is 384 g/mol. The van der Waals surface area contributed by atoms with E-state index in [1.807, 2.05) is 4.90 Å². The van der Waals surface area contributed by atoms with Crippen LogP contribution in [0.2, 0.25) is 0 Å². The van der Waals surface area contributed by atoms with Crippen LogP contribution in [0.5, 0.6) is 11.8 Å². The molecule has 0 bridgehead atoms. The summed E-state index contributed by atoms with van der Waals surface area (Å²) in [6, 6.07) is 1.62. The van der Waals surface area contributed by atoms with Gasteiger partial charge in [0, 0.05) is 45.4 Å². The molecule has 0 spiro atoms. The molecule has 0 atom stereocenters. The van der Waals surface area contributed by atoms with Crippen molar-refractivity contribution in [2.75, 3.05) is 45.3 Å². The number of amides is 1. The minimum atomic E-state index is -2.63. The Morgan fingerprint density at radius 3 is 2.19 bits per heavy atom. The van der Waals surface area contributed by atoms with Gasteiger partial charge in [-0.3, -0.25) is 4.79 Å². The Bertz CT molecular complexity index is 634. The van der Waals surface area contributed by atoms with Crippen molar-refractivity contribution in [1.82, 2.24) is 14.9 Å². The summed E-state index contributed by atoms with van der Waals surface area (Å²) in [5.74, 6) is -0.951. The average Bonchev–Trinajstić information content (AvgIpc) is 2.68. The maximum Gasteiger partial charge on any atom is 0.251 e. The van der Waals surface area contributed by atoms with Crippen LogP contribution >= 0.6 is 0 Å². The van der Waals surface area contributed by atoms with Gasteiger partial charge in [-0.05, 0) is 18.8 Å². The largest absolute Gasteiger partial charge is 0.481 e. The SMILES string of the molecule is COc1cc(OC)nc(N2CCC(CC(=O)N3CCC(F)(F)CC3)CC2)n1. The maximum absolute atomic E-state index is 13.2. The van der Waals surface area contributed by atoms with Crippen LogP contribution < -0.4 is 14.4 Å². The Morgan fingerprint density at radius 2 is 1.67 bits per heavy atom. The lowest BCUT2D eigenvalue weighted by molar-refractivity contribution is -0.138. The summed E-state index contributed by atoms with van der Waals surface area (Å²) in [7, 11) is 3.08. The standard InChI is InChI=1S/C18H26F2N4O3/c1-26-14-12-15(27-2)22-17(21-14)24-7-3-13(4-8-24)11-16(25)23-9-5-18(19,20)6-10-23/h12-13H,3-11H2,1-2H3. The number of hydrogen-bond acceptors (Lipinski definition) is 6. The van der Waals surface area contributed by atoms with Crippen LogP contribution in [0.15, 0.2) is 6.07 Å². The summed E-state index contributed by atoms with van der Waals surface area (Å²) >= 11 is 0. The van der Waals surface area contributed by atoms with Gasteiger partial charge in [0.25, 0.3) is 5.92 Å². The van der Waals surface area contributed by atoms with Crippen molar-refractivity contribution >= 4 is 11.9 Å². The molecule has 3 heterocycles. The van der Waals surface area contributed by atoms with Gasteiger partial charge < -0.3 is 19.3 Å². The molecule has 0 aliphatic carbocycles. The first-order valence-corrected chi connectivity index (χ1v) is 9.28. The van der Waals surface area contributed by atoms with E-state index in [2.05, 4.69) is 9.97 Å². The molecule has 1 aromatic heterocycles. The van der Waals surface area contributed by atoms with Crippen LogP contribution in [0.25, 0.3) is 0 Å². The fourth-order valence-corrected chi connectivity index (χ4v) is 3.54. The molecule has 2 saturated heterocycles. The third-order valence-electron chi connectivity index (χ3n) is 5.29. The summed E-state index contributed by atoms with van der Waals surface area (Å²) in [6.45, 7) is 1.77. The lowest BCUT2D eigenvalue weighted by Crippen LogP contribution is -2.44. The van der Waals surface area contributed by atoms with Gasteiger partial charge in [-0.2, -0.15) is 9.97 Å². The smallest absolute Gasteiger partial charge is 0.251 e. The van der Waals surface area contributed by atoms with Crippen molar-refractivity contribution in [3.05, 3.63) is 6.07 Å². The van der Waals surface area contributed by atoms with Crippen LogP contribution in [-0.2, 0) is 4.79 Å². The highest BCUT2D eigenvalue weighted by Crippen LogP contribution is 2.30. The minimum Gasteiger partial charge on any atom is -0.481 e. The molecule has 0 N–H and O–H groups in total. The summed E-state index contributed by atoms with van der Waals surface area (Å²) < 4.78 is 36.8. The van der Waals surface area contributed by atoms with E-state index in [4.69, 9.17) is 9.47 Å². The fraction of sp³-hybridized carbons (Fsp3) is 0.722. The number of ether oxygens (including phenoxy) is 2. The van der Waals surface area contributed by atoms with Crippen molar-refractivity contribution in [1.29, 1.82) is 0 Å². The van der Waals surface area contributed by atoms with Gasteiger partial charge in [-0.25, -0.2) is 8.78 Å². The Balaban J connectivity index is 1.51. The molecule has 27 heavy (non-hydrogen) atoms. The predicted molar refractivity (Wildman–Crippen MR) is 95.5 cm³/mol. The number of methoxy groups -OCH3 is 2. The highest BCUT2D eigenvalue weighted by atomic mass is 19.3. The number of likely N-dealkylation sites (tertiary alicyclic amines) is 1. The second-order valence-electron chi connectivity index (χ2n) is 7.12. The zero-order chi connectivity index (χ0) is 19.4. The highest BCUT2D eigenvalue weighted by molar-refractivity contribution is 5.76. The van der Waals surface area contributed by atoms with Gasteiger partial charge in [-0.1, -0.05) is 0 Å². The van der Waals surface area contributed by atoms with Gasteiger partial charge in [0.15, 0.2) is 0 Å². The molecule has 1 aromatic rings. The van der Waals surface area contributed by atoms with Crippen LogP contribution in [0.4, 0.5) is 14.7 Å². The predicted octanol–water partition coefficient (Wildman–Crippen LogP) is 2.36. The lowest BCUT2D eigenvalue weighted by Gasteiger charge is -2.35. The number of nitrogens with zero attached hydrogens (tertiary/aromatic N) is 4. The summed E-state index contributed by atoms with van der Waals surface area (Å²) in [4.78, 5) is 24.8. The zero-order valence-corrected chi connectivity index (χ0v) is 15.8. The number of hydrogen-bond donors (Lipinski definition) is 0. The first-order valence-electron chi connectivity index (χ1n) is 9.28. The number of anilines is 1. The Kier molecular flexibility index (Phi) is 5.96. The maximum atomic E-state index is 13.2. The Hall–Kier alpha value is -2.19. The monoisotopic (exact) mass is 384 g/mol. The fourth-order valence-electron chi connectivity index (χ4n) is 3.54. The third kappa shape index (κ3) is 4.95. The molecule has 0 unspecified atom stereocenters. The minimum absolute atomic E-state index is 0.0109. The van der Waals surface area contributed by atoms with Crippen molar-refractivity contribution in [3.63, 3.8) is 0 Å². The summed E-state index contributed by atoms with van der Waals surface area (Å²) in [5, 5.41) is 0. The zero-order valence-electron chi connectivity index (χ0n) is 15.8. The van der Waals surface area contributed by atoms with E-state index in [1.165, 1.54) is 0 Å². The molecule has 7 nitrogen and oxygen atoms in total. The molecule has 9 heteroatoms. The molecule has 2 aliphatic heterocycles. The first kappa shape index (κ1) is 19.6. The topological polar surface area (TPSA) is 67.8 Å². The molecule has 0 radical (unpaired) electrons. The number of halogens is 2. The van der Waals surface area contributed by atoms with E-state index in [1.54, 1.807) is 25.2 Å². The van der Waals surface area contributed by atoms with Crippen LogP contribution in [-0.4, -0.2) is 67.1 Å². The van der Waals surface area contributed by atoms with Crippen LogP contribution in [0.3, 0.4) is 0 Å². The number of aromatic nitrogens is 2. The number of carbonyl (C=O) groups is 1. The van der Waals surface area contributed by atoms with Crippen molar-refractivity contribution < 1.29 is 23.0 Å². The molecule has 2 fully saturated rings. The normalized spacial score (nSPS) is 20.4. The number of piperidine rings is 2. The second kappa shape index (κ2) is 8.22. The summed E-state index contributed by atoms with van der Waals surface area (Å²) in [5.41, 5.74) is 0. The van der Waals surface area contributed by atoms with Crippen molar-refractivity contribution in [2.24, 2.45) is 5.92 Å². The van der Waals surface area contributed by atoms with E-state index in [-0.39, 0.29) is 37.8 Å². The first-order chi connectivity index (χ1) is 12.9. The molecule has 2 aliphatic rings. The quantitative estimate of drug-likeness (QED) is 0.776. The van der Waals surface area contributed by atoms with E-state index < -0.39 is 5.92 Å². The van der Waals surface area contributed by atoms with Crippen LogP contribution in [0.1, 0.15) is 32.1 Å². The Labute approximate surface area is 157 Å². The van der Waals surface area contributed by atoms with Crippen molar-refractivity contribution in [3.8, 4) is 11.8 Å². The van der Waals surface area contributed by atoms with Gasteiger partial charge in [0.05, 0.1) is 20.3 Å². The third-order valence-corrected chi connectivity index (χ3v) is 5.29. The van der Waals surface area contributed by atoms with Gasteiger partial charge in [-0.15, -0.1) is 0 Å². The molecule has 0 saturated carbocycles. The number of carbonyl (C=O) groups excluding carboxylic acids is 1. The van der Waals surface area contributed by atoms with Crippen LogP contribution in [0, 0.1) is 5.92 Å². The molecule has 3 rings (SSSR count). The van der Waals surface area contributed by atoms with Gasteiger partial charge in [0.2, 0.25) is 23.6 Å². The van der Waals surface area contributed by atoms with Gasteiger partial charge >= 0.3 is 0 Å². The summed E-state index contributed by atoms with van der Waals surface area (Å²) in [6.07, 6.45) is 1.62. The number of rotatable bonds is 5. The molecule has 150 valence electrons. The molecular formula is C18H26F2N4O3. The number of alkyl halides is 2.